The highest BCUT2D eigenvalue weighted by Gasteiger charge is 2.16. The summed E-state index contributed by atoms with van der Waals surface area (Å²) in [7, 11) is 3.41. The van der Waals surface area contributed by atoms with Crippen LogP contribution in [0.15, 0.2) is 79.0 Å². The molecule has 5 rings (SSSR count). The summed E-state index contributed by atoms with van der Waals surface area (Å²) >= 11 is 0. The number of nitrogens with one attached hydrogen (secondary N) is 2. The Bertz CT molecular complexity index is 1680. The Morgan fingerprint density at radius 2 is 1.93 bits per heavy atom. The smallest absolute Gasteiger partial charge is 0.293 e. The second-order valence-electron chi connectivity index (χ2n) is 8.97. The lowest BCUT2D eigenvalue weighted by molar-refractivity contribution is -0.128. The van der Waals surface area contributed by atoms with Crippen LogP contribution in [0.25, 0.3) is 33.5 Å². The molecule has 0 fully saturated rings. The number of H-pyrrole nitrogens is 1. The second kappa shape index (κ2) is 11.6. The van der Waals surface area contributed by atoms with Crippen LogP contribution in [0, 0.1) is 0 Å². The molecule has 2 heterocycles. The van der Waals surface area contributed by atoms with Crippen molar-refractivity contribution in [3.8, 4) is 34.1 Å². The summed E-state index contributed by atoms with van der Waals surface area (Å²) in [6.07, 6.45) is 1.65. The summed E-state index contributed by atoms with van der Waals surface area (Å²) in [6.45, 7) is 1.11. The van der Waals surface area contributed by atoms with Crippen molar-refractivity contribution >= 4 is 34.8 Å². The zero-order valence-electron chi connectivity index (χ0n) is 21.9. The summed E-state index contributed by atoms with van der Waals surface area (Å²) < 4.78 is 10.2. The minimum absolute atomic E-state index is 0.0582. The highest BCUT2D eigenvalue weighted by Crippen LogP contribution is 2.36. The van der Waals surface area contributed by atoms with Crippen molar-refractivity contribution in [3.05, 3.63) is 84.6 Å². The molecule has 0 spiro atoms. The van der Waals surface area contributed by atoms with Crippen LogP contribution >= 0.6 is 0 Å². The number of para-hydroxylation sites is 2. The molecule has 40 heavy (non-hydrogen) atoms. The Balaban J connectivity index is 1.41. The van der Waals surface area contributed by atoms with Gasteiger partial charge in [0.15, 0.2) is 0 Å². The molecule has 5 aromatic rings. The average molecular weight is 538 g/mol. The number of amides is 1. The molecule has 0 aliphatic heterocycles. The molecule has 0 bridgehead atoms. The third-order valence-corrected chi connectivity index (χ3v) is 6.45. The Morgan fingerprint density at radius 1 is 1.07 bits per heavy atom. The number of ether oxygens (including phenoxy) is 2. The number of hydrogen-bond acceptors (Lipinski definition) is 8. The number of pyridine rings is 1. The van der Waals surface area contributed by atoms with Crippen LogP contribution in [0.1, 0.15) is 10.4 Å². The Hall–Kier alpha value is -5.38. The van der Waals surface area contributed by atoms with Crippen LogP contribution in [-0.2, 0) is 9.53 Å². The maximum atomic E-state index is 13.2. The quantitative estimate of drug-likeness (QED) is 0.170. The maximum absolute atomic E-state index is 13.2. The van der Waals surface area contributed by atoms with E-state index < -0.39 is 0 Å². The van der Waals surface area contributed by atoms with E-state index in [1.807, 2.05) is 54.4 Å². The summed E-state index contributed by atoms with van der Waals surface area (Å²) in [4.78, 5) is 37.7. The van der Waals surface area contributed by atoms with E-state index in [2.05, 4.69) is 20.3 Å². The monoisotopic (exact) mass is 537 g/mol. The molecule has 0 radical (unpaired) electrons. The molecule has 0 saturated carbocycles. The summed E-state index contributed by atoms with van der Waals surface area (Å²) in [6, 6.07) is 21.5. The number of aromatic nitrogens is 3. The van der Waals surface area contributed by atoms with Gasteiger partial charge in [0.05, 0.1) is 41.6 Å². The van der Waals surface area contributed by atoms with Crippen molar-refractivity contribution in [2.24, 2.45) is 0 Å². The van der Waals surface area contributed by atoms with Crippen molar-refractivity contribution in [3.63, 3.8) is 0 Å². The third kappa shape index (κ3) is 5.41. The van der Waals surface area contributed by atoms with Gasteiger partial charge in [0, 0.05) is 24.4 Å². The number of methoxy groups -OCH3 is 1. The van der Waals surface area contributed by atoms with Crippen LogP contribution < -0.4 is 15.0 Å². The number of aromatic amines is 1. The highest BCUT2D eigenvalue weighted by molar-refractivity contribution is 6.07. The van der Waals surface area contributed by atoms with E-state index in [1.54, 1.807) is 43.6 Å². The Kier molecular flexibility index (Phi) is 7.58. The molecule has 3 N–H and O–H groups in total. The van der Waals surface area contributed by atoms with Crippen LogP contribution in [0.3, 0.4) is 0 Å². The van der Waals surface area contributed by atoms with E-state index in [9.17, 15) is 14.7 Å². The normalized spacial score (nSPS) is 10.8. The number of imidazole rings is 1. The zero-order chi connectivity index (χ0) is 28.1. The number of aromatic hydroxyl groups is 1. The van der Waals surface area contributed by atoms with E-state index in [0.29, 0.717) is 52.6 Å². The molecule has 1 amide bonds. The van der Waals surface area contributed by atoms with Crippen molar-refractivity contribution < 1.29 is 24.2 Å². The van der Waals surface area contributed by atoms with Gasteiger partial charge < -0.3 is 29.8 Å². The number of phenols is 1. The lowest BCUT2D eigenvalue weighted by Gasteiger charge is -2.22. The molecular weight excluding hydrogens is 510 g/mol. The molecule has 0 unspecified atom stereocenters. The minimum Gasteiger partial charge on any atom is -0.507 e. The fourth-order valence-corrected chi connectivity index (χ4v) is 4.41. The second-order valence-corrected chi connectivity index (χ2v) is 8.97. The van der Waals surface area contributed by atoms with E-state index >= 15 is 0 Å². The molecule has 3 aromatic carbocycles. The number of carbonyl (C=O) groups is 2. The van der Waals surface area contributed by atoms with Crippen LogP contribution in [-0.4, -0.2) is 59.7 Å². The molecule has 10 nitrogen and oxygen atoms in total. The Morgan fingerprint density at radius 3 is 2.75 bits per heavy atom. The number of anilines is 2. The van der Waals surface area contributed by atoms with E-state index in [0.717, 1.165) is 16.8 Å². The standard InChI is InChI=1S/C30H27N5O5/c1-35(14-15-40-18-36)26-8-4-3-7-24(26)34-29(38)20-9-11-23-25(17-20)33-28(32-23)22-16-19(10-12-27(22)37)21-6-5-13-31-30(21)39-2/h3-13,16-18,37H,14-15H2,1-2H3,(H,32,33)(H,34,38). The maximum Gasteiger partial charge on any atom is 0.293 e. The zero-order valence-corrected chi connectivity index (χ0v) is 21.9. The van der Waals surface area contributed by atoms with E-state index in [1.165, 1.54) is 0 Å². The molecule has 0 atom stereocenters. The highest BCUT2D eigenvalue weighted by atomic mass is 16.5. The fourth-order valence-electron chi connectivity index (χ4n) is 4.41. The van der Waals surface area contributed by atoms with Gasteiger partial charge in [-0.3, -0.25) is 9.59 Å². The number of rotatable bonds is 10. The summed E-state index contributed by atoms with van der Waals surface area (Å²) in [5.41, 5.74) is 5.22. The van der Waals surface area contributed by atoms with Crippen molar-refractivity contribution in [1.29, 1.82) is 0 Å². The first-order valence-corrected chi connectivity index (χ1v) is 12.5. The van der Waals surface area contributed by atoms with Gasteiger partial charge in [0.25, 0.3) is 12.4 Å². The molecule has 2 aromatic heterocycles. The van der Waals surface area contributed by atoms with Crippen LogP contribution in [0.4, 0.5) is 11.4 Å². The molecule has 0 aliphatic rings. The van der Waals surface area contributed by atoms with Crippen molar-refractivity contribution in [2.75, 3.05) is 37.5 Å². The largest absolute Gasteiger partial charge is 0.507 e. The number of benzene rings is 3. The van der Waals surface area contributed by atoms with E-state index in [4.69, 9.17) is 9.47 Å². The van der Waals surface area contributed by atoms with Gasteiger partial charge in [0.1, 0.15) is 18.2 Å². The molecular formula is C30H27N5O5. The Labute approximate surface area is 230 Å². The minimum atomic E-state index is -0.295. The van der Waals surface area contributed by atoms with Gasteiger partial charge in [-0.2, -0.15) is 0 Å². The molecule has 0 saturated heterocycles. The summed E-state index contributed by atoms with van der Waals surface area (Å²) in [5, 5.41) is 13.6. The first-order valence-electron chi connectivity index (χ1n) is 12.5. The molecule has 0 aliphatic carbocycles. The number of likely N-dealkylation sites (N-methyl/N-ethyl adjacent to an activating group) is 1. The van der Waals surface area contributed by atoms with Gasteiger partial charge in [0.2, 0.25) is 5.88 Å². The predicted octanol–water partition coefficient (Wildman–Crippen LogP) is 4.87. The number of carbonyl (C=O) groups excluding carboxylic acids is 2. The predicted molar refractivity (Wildman–Crippen MR) is 153 cm³/mol. The van der Waals surface area contributed by atoms with Gasteiger partial charge in [-0.1, -0.05) is 18.2 Å². The first-order chi connectivity index (χ1) is 19.5. The topological polar surface area (TPSA) is 130 Å². The van der Waals surface area contributed by atoms with Gasteiger partial charge in [-0.25, -0.2) is 9.97 Å². The van der Waals surface area contributed by atoms with Gasteiger partial charge in [-0.15, -0.1) is 0 Å². The van der Waals surface area contributed by atoms with Crippen molar-refractivity contribution in [1.82, 2.24) is 15.0 Å². The number of hydrogen-bond donors (Lipinski definition) is 3. The lowest BCUT2D eigenvalue weighted by atomic mass is 10.0. The molecule has 202 valence electrons. The first kappa shape index (κ1) is 26.2. The van der Waals surface area contributed by atoms with Crippen LogP contribution in [0.5, 0.6) is 11.6 Å². The number of fused-ring (bicyclic) bond motifs is 1. The average Bonchev–Trinajstić information content (AvgIpc) is 3.41. The SMILES string of the molecule is COc1ncccc1-c1ccc(O)c(-c2nc3ccc(C(=O)Nc4ccccc4N(C)CCOC=O)cc3[nH]2)c1. The third-order valence-electron chi connectivity index (χ3n) is 6.45. The molecule has 10 heteroatoms. The fraction of sp³-hybridized carbons (Fsp3) is 0.133. The van der Waals surface area contributed by atoms with Gasteiger partial charge >= 0.3 is 0 Å². The van der Waals surface area contributed by atoms with Crippen molar-refractivity contribution in [2.45, 2.75) is 0 Å². The van der Waals surface area contributed by atoms with E-state index in [-0.39, 0.29) is 18.3 Å². The lowest BCUT2D eigenvalue weighted by Crippen LogP contribution is -2.24. The van der Waals surface area contributed by atoms with Crippen LogP contribution in [0.2, 0.25) is 0 Å². The number of phenolic OH excluding ortho intramolecular Hbond substituents is 1. The summed E-state index contributed by atoms with van der Waals surface area (Å²) in [5.74, 6) is 0.695. The number of nitrogens with zero attached hydrogens (tertiary/aromatic N) is 3. The van der Waals surface area contributed by atoms with Gasteiger partial charge in [-0.05, 0) is 60.2 Å².